The lowest BCUT2D eigenvalue weighted by atomic mass is 10.0. The zero-order valence-electron chi connectivity index (χ0n) is 13.9. The lowest BCUT2D eigenvalue weighted by molar-refractivity contribution is -0.384. The number of nitrogens with zero attached hydrogens (tertiary/aromatic N) is 4. The largest absolute Gasteiger partial charge is 0.484 e. The molecule has 0 fully saturated rings. The number of methoxy groups -OCH3 is 1. The van der Waals surface area contributed by atoms with Crippen LogP contribution in [-0.2, 0) is 0 Å². The number of anilines is 1. The molecule has 1 aliphatic rings. The lowest BCUT2D eigenvalue weighted by Crippen LogP contribution is -2.49. The molecule has 0 unspecified atom stereocenters. The van der Waals surface area contributed by atoms with Crippen LogP contribution in [0.1, 0.15) is 24.3 Å². The SMILES string of the molecule is COc1nccnc1C(=O)N1CC(C)(C)Oc2ccc([N+](=O)[O-])cc21. The third-order valence-electron chi connectivity index (χ3n) is 3.68. The molecule has 0 saturated heterocycles. The molecule has 0 N–H and O–H groups in total. The molecule has 0 atom stereocenters. The number of ether oxygens (including phenoxy) is 2. The molecule has 1 aromatic heterocycles. The van der Waals surface area contributed by atoms with Crippen LogP contribution in [0.3, 0.4) is 0 Å². The summed E-state index contributed by atoms with van der Waals surface area (Å²) in [6, 6.07) is 4.14. The molecule has 0 spiro atoms. The molecule has 0 aliphatic carbocycles. The van der Waals surface area contributed by atoms with E-state index in [0.717, 1.165) is 0 Å². The molecule has 9 nitrogen and oxygen atoms in total. The fourth-order valence-corrected chi connectivity index (χ4v) is 2.64. The Hall–Kier alpha value is -3.23. The average Bonchev–Trinajstić information content (AvgIpc) is 2.59. The van der Waals surface area contributed by atoms with Gasteiger partial charge in [0, 0.05) is 24.5 Å². The van der Waals surface area contributed by atoms with Gasteiger partial charge in [0.15, 0.2) is 5.69 Å². The molecule has 1 aliphatic heterocycles. The smallest absolute Gasteiger partial charge is 0.282 e. The molecule has 1 amide bonds. The summed E-state index contributed by atoms with van der Waals surface area (Å²) >= 11 is 0. The summed E-state index contributed by atoms with van der Waals surface area (Å²) in [4.78, 5) is 33.0. The fourth-order valence-electron chi connectivity index (χ4n) is 2.64. The third kappa shape index (κ3) is 3.08. The van der Waals surface area contributed by atoms with E-state index in [1.807, 2.05) is 13.8 Å². The second-order valence-electron chi connectivity index (χ2n) is 6.08. The van der Waals surface area contributed by atoms with Gasteiger partial charge in [-0.2, -0.15) is 0 Å². The summed E-state index contributed by atoms with van der Waals surface area (Å²) in [6.07, 6.45) is 2.80. The highest BCUT2D eigenvalue weighted by molar-refractivity contribution is 6.07. The van der Waals surface area contributed by atoms with Gasteiger partial charge < -0.3 is 9.47 Å². The molecule has 2 heterocycles. The summed E-state index contributed by atoms with van der Waals surface area (Å²) in [5.41, 5.74) is -0.467. The van der Waals surface area contributed by atoms with Crippen LogP contribution in [0.25, 0.3) is 0 Å². The third-order valence-corrected chi connectivity index (χ3v) is 3.68. The van der Waals surface area contributed by atoms with E-state index < -0.39 is 16.4 Å². The number of rotatable bonds is 3. The van der Waals surface area contributed by atoms with Crippen LogP contribution in [0.15, 0.2) is 30.6 Å². The zero-order valence-corrected chi connectivity index (χ0v) is 13.9. The maximum atomic E-state index is 13.0. The number of aromatic nitrogens is 2. The van der Waals surface area contributed by atoms with E-state index in [4.69, 9.17) is 9.47 Å². The first kappa shape index (κ1) is 16.6. The predicted molar refractivity (Wildman–Crippen MR) is 88.1 cm³/mol. The highest BCUT2D eigenvalue weighted by Crippen LogP contribution is 2.40. The molecule has 9 heteroatoms. The van der Waals surface area contributed by atoms with Gasteiger partial charge in [0.1, 0.15) is 11.4 Å². The van der Waals surface area contributed by atoms with Crippen LogP contribution in [0.4, 0.5) is 11.4 Å². The molecule has 0 bridgehead atoms. The number of hydrogen-bond acceptors (Lipinski definition) is 7. The van der Waals surface area contributed by atoms with E-state index >= 15 is 0 Å². The van der Waals surface area contributed by atoms with Crippen LogP contribution >= 0.6 is 0 Å². The summed E-state index contributed by atoms with van der Waals surface area (Å²) < 4.78 is 10.9. The highest BCUT2D eigenvalue weighted by atomic mass is 16.6. The quantitative estimate of drug-likeness (QED) is 0.620. The van der Waals surface area contributed by atoms with Crippen LogP contribution in [-0.4, -0.2) is 40.1 Å². The Balaban J connectivity index is 2.11. The van der Waals surface area contributed by atoms with Crippen molar-refractivity contribution in [3.05, 3.63) is 46.4 Å². The number of amides is 1. The number of nitro groups is 1. The van der Waals surface area contributed by atoms with E-state index in [9.17, 15) is 14.9 Å². The van der Waals surface area contributed by atoms with Crippen molar-refractivity contribution in [3.63, 3.8) is 0 Å². The van der Waals surface area contributed by atoms with Gasteiger partial charge in [-0.25, -0.2) is 9.97 Å². The van der Waals surface area contributed by atoms with Gasteiger partial charge in [-0.1, -0.05) is 0 Å². The van der Waals surface area contributed by atoms with Crippen molar-refractivity contribution in [2.75, 3.05) is 18.6 Å². The Morgan fingerprint density at radius 3 is 2.76 bits per heavy atom. The van der Waals surface area contributed by atoms with E-state index in [1.54, 1.807) is 0 Å². The number of non-ortho nitro benzene ring substituents is 1. The van der Waals surface area contributed by atoms with Crippen molar-refractivity contribution in [1.82, 2.24) is 9.97 Å². The maximum Gasteiger partial charge on any atom is 0.282 e. The van der Waals surface area contributed by atoms with Crippen LogP contribution in [0.5, 0.6) is 11.6 Å². The molecule has 130 valence electrons. The summed E-state index contributed by atoms with van der Waals surface area (Å²) in [5, 5.41) is 11.1. The summed E-state index contributed by atoms with van der Waals surface area (Å²) in [5.74, 6) is 0.00455. The number of carbonyl (C=O) groups is 1. The number of carbonyl (C=O) groups excluding carboxylic acids is 1. The van der Waals surface area contributed by atoms with Crippen molar-refractivity contribution in [3.8, 4) is 11.6 Å². The number of benzene rings is 1. The molecule has 0 saturated carbocycles. The molecular formula is C16H16N4O5. The van der Waals surface area contributed by atoms with E-state index in [2.05, 4.69) is 9.97 Å². The minimum atomic E-state index is -0.672. The molecule has 25 heavy (non-hydrogen) atoms. The Labute approximate surface area is 143 Å². The molecule has 1 aromatic carbocycles. The summed E-state index contributed by atoms with van der Waals surface area (Å²) in [7, 11) is 1.39. The van der Waals surface area contributed by atoms with Crippen molar-refractivity contribution in [1.29, 1.82) is 0 Å². The normalized spacial score (nSPS) is 15.1. The minimum Gasteiger partial charge on any atom is -0.484 e. The Kier molecular flexibility index (Phi) is 3.99. The van der Waals surface area contributed by atoms with Crippen molar-refractivity contribution in [2.45, 2.75) is 19.4 Å². The van der Waals surface area contributed by atoms with Gasteiger partial charge in [0.05, 0.1) is 24.3 Å². The first-order valence-electron chi connectivity index (χ1n) is 7.47. The van der Waals surface area contributed by atoms with Gasteiger partial charge in [-0.05, 0) is 19.9 Å². The van der Waals surface area contributed by atoms with Gasteiger partial charge in [0.25, 0.3) is 11.6 Å². The van der Waals surface area contributed by atoms with Gasteiger partial charge in [-0.15, -0.1) is 0 Å². The standard InChI is InChI=1S/C16H16N4O5/c1-16(2)9-19(15(21)13-14(24-3)18-7-6-17-13)11-8-10(20(22)23)4-5-12(11)25-16/h4-8H,9H2,1-3H3. The van der Waals surface area contributed by atoms with Gasteiger partial charge in [0.2, 0.25) is 5.88 Å². The Morgan fingerprint density at radius 1 is 1.36 bits per heavy atom. The average molecular weight is 344 g/mol. The molecular weight excluding hydrogens is 328 g/mol. The second-order valence-corrected chi connectivity index (χ2v) is 6.08. The molecule has 2 aromatic rings. The maximum absolute atomic E-state index is 13.0. The lowest BCUT2D eigenvalue weighted by Gasteiger charge is -2.39. The van der Waals surface area contributed by atoms with E-state index in [-0.39, 0.29) is 23.8 Å². The van der Waals surface area contributed by atoms with Crippen LogP contribution in [0.2, 0.25) is 0 Å². The number of hydrogen-bond donors (Lipinski definition) is 0. The van der Waals surface area contributed by atoms with Crippen LogP contribution < -0.4 is 14.4 Å². The molecule has 0 radical (unpaired) electrons. The zero-order chi connectivity index (χ0) is 18.2. The van der Waals surface area contributed by atoms with Crippen molar-refractivity contribution in [2.24, 2.45) is 0 Å². The van der Waals surface area contributed by atoms with Crippen LogP contribution in [0, 0.1) is 10.1 Å². The van der Waals surface area contributed by atoms with Crippen molar-refractivity contribution >= 4 is 17.3 Å². The fraction of sp³-hybridized carbons (Fsp3) is 0.312. The first-order chi connectivity index (χ1) is 11.8. The Bertz CT molecular complexity index is 852. The number of nitro benzene ring substituents is 1. The topological polar surface area (TPSA) is 108 Å². The Morgan fingerprint density at radius 2 is 2.08 bits per heavy atom. The van der Waals surface area contributed by atoms with Gasteiger partial charge in [-0.3, -0.25) is 19.8 Å². The van der Waals surface area contributed by atoms with Gasteiger partial charge >= 0.3 is 0 Å². The monoisotopic (exact) mass is 344 g/mol. The molecule has 3 rings (SSSR count). The highest BCUT2D eigenvalue weighted by Gasteiger charge is 2.37. The second kappa shape index (κ2) is 6.00. The minimum absolute atomic E-state index is 0.0279. The van der Waals surface area contributed by atoms with E-state index in [1.165, 1.54) is 42.6 Å². The van der Waals surface area contributed by atoms with E-state index in [0.29, 0.717) is 11.4 Å². The summed E-state index contributed by atoms with van der Waals surface area (Å²) in [6.45, 7) is 3.84. The number of fused-ring (bicyclic) bond motifs is 1. The van der Waals surface area contributed by atoms with Crippen molar-refractivity contribution < 1.29 is 19.2 Å². The first-order valence-corrected chi connectivity index (χ1v) is 7.47. The predicted octanol–water partition coefficient (Wildman–Crippen LogP) is 2.21.